The highest BCUT2D eigenvalue weighted by Crippen LogP contribution is 2.40. The second kappa shape index (κ2) is 7.28. The fourth-order valence-corrected chi connectivity index (χ4v) is 4.36. The number of esters is 1. The summed E-state index contributed by atoms with van der Waals surface area (Å²) >= 11 is 1.35. The summed E-state index contributed by atoms with van der Waals surface area (Å²) in [7, 11) is 0. The van der Waals surface area contributed by atoms with E-state index < -0.39 is 22.7 Å². The van der Waals surface area contributed by atoms with Gasteiger partial charge >= 0.3 is 11.9 Å². The van der Waals surface area contributed by atoms with E-state index in [9.17, 15) is 19.7 Å². The van der Waals surface area contributed by atoms with Crippen LogP contribution < -0.4 is 5.32 Å². The van der Waals surface area contributed by atoms with Crippen LogP contribution in [0.4, 0.5) is 10.9 Å². The number of hydrogen-bond acceptors (Lipinski definition) is 7. The predicted molar refractivity (Wildman–Crippen MR) is 94.8 cm³/mol. The zero-order chi connectivity index (χ0) is 18.8. The summed E-state index contributed by atoms with van der Waals surface area (Å²) in [6, 6.07) is 2.34. The molecule has 0 unspecified atom stereocenters. The van der Waals surface area contributed by atoms with Crippen molar-refractivity contribution in [3.05, 3.63) is 44.0 Å². The first-order chi connectivity index (χ1) is 12.4. The van der Waals surface area contributed by atoms with Crippen LogP contribution in [0.2, 0.25) is 0 Å². The number of rotatable bonds is 5. The Hall–Kier alpha value is -2.68. The molecule has 0 fully saturated rings. The smallest absolute Gasteiger partial charge is 0.433 e. The second-order valence-corrected chi connectivity index (χ2v) is 7.23. The average Bonchev–Trinajstić information content (AvgIpc) is 3.19. The summed E-state index contributed by atoms with van der Waals surface area (Å²) in [5, 5.41) is 13.7. The molecule has 1 aliphatic carbocycles. The number of carbonyl (C=O) groups is 2. The van der Waals surface area contributed by atoms with E-state index in [0.717, 1.165) is 35.8 Å². The Morgan fingerprint density at radius 2 is 2.23 bits per heavy atom. The Labute approximate surface area is 153 Å². The van der Waals surface area contributed by atoms with Gasteiger partial charge in [-0.05, 0) is 43.7 Å². The molecule has 9 heteroatoms. The van der Waals surface area contributed by atoms with E-state index in [1.807, 2.05) is 0 Å². The number of anilines is 1. The lowest BCUT2D eigenvalue weighted by molar-refractivity contribution is -0.402. The van der Waals surface area contributed by atoms with Crippen molar-refractivity contribution in [2.75, 3.05) is 11.9 Å². The fourth-order valence-electron chi connectivity index (χ4n) is 2.97. The fraction of sp³-hybridized carbons (Fsp3) is 0.412. The zero-order valence-corrected chi connectivity index (χ0v) is 15.2. The van der Waals surface area contributed by atoms with Gasteiger partial charge < -0.3 is 14.5 Å². The molecule has 0 aliphatic heterocycles. The number of nitrogens with one attached hydrogen (secondary N) is 1. The first kappa shape index (κ1) is 18.1. The summed E-state index contributed by atoms with van der Waals surface area (Å²) in [5.74, 6) is -1.31. The molecule has 3 rings (SSSR count). The van der Waals surface area contributed by atoms with Crippen molar-refractivity contribution in [2.45, 2.75) is 33.1 Å². The van der Waals surface area contributed by atoms with Gasteiger partial charge in [-0.2, -0.15) is 0 Å². The van der Waals surface area contributed by atoms with Gasteiger partial charge in [-0.1, -0.05) is 6.92 Å². The molecule has 2 aromatic rings. The van der Waals surface area contributed by atoms with Crippen LogP contribution in [0.3, 0.4) is 0 Å². The number of fused-ring (bicyclic) bond motifs is 1. The predicted octanol–water partition coefficient (Wildman–Crippen LogP) is 3.80. The van der Waals surface area contributed by atoms with Gasteiger partial charge in [0.2, 0.25) is 0 Å². The van der Waals surface area contributed by atoms with Gasteiger partial charge in [0.15, 0.2) is 5.76 Å². The number of amides is 1. The highest BCUT2D eigenvalue weighted by Gasteiger charge is 2.30. The molecule has 0 saturated heterocycles. The molecule has 1 N–H and O–H groups in total. The van der Waals surface area contributed by atoms with E-state index in [1.165, 1.54) is 17.4 Å². The largest absolute Gasteiger partial charge is 0.462 e. The number of nitrogens with zero attached hydrogens (tertiary/aromatic N) is 1. The lowest BCUT2D eigenvalue weighted by Gasteiger charge is -2.18. The Bertz CT molecular complexity index is 869. The van der Waals surface area contributed by atoms with E-state index >= 15 is 0 Å². The van der Waals surface area contributed by atoms with Crippen LogP contribution in [-0.4, -0.2) is 23.4 Å². The van der Waals surface area contributed by atoms with Gasteiger partial charge in [0, 0.05) is 4.88 Å². The summed E-state index contributed by atoms with van der Waals surface area (Å²) < 4.78 is 10.1. The number of ether oxygens (including phenoxy) is 1. The number of hydrogen-bond donors (Lipinski definition) is 1. The van der Waals surface area contributed by atoms with Crippen molar-refractivity contribution >= 4 is 34.1 Å². The summed E-state index contributed by atoms with van der Waals surface area (Å²) in [4.78, 5) is 35.8. The molecular formula is C17H18N2O6S. The lowest BCUT2D eigenvalue weighted by Crippen LogP contribution is -2.16. The molecule has 0 saturated carbocycles. The topological polar surface area (TPSA) is 112 Å². The van der Waals surface area contributed by atoms with Crippen LogP contribution in [0.25, 0.3) is 0 Å². The monoisotopic (exact) mass is 378 g/mol. The van der Waals surface area contributed by atoms with E-state index in [2.05, 4.69) is 12.2 Å². The SMILES string of the molecule is CCOC(=O)c1c(NC(=O)c2ccc([N+](=O)[O-])o2)sc2c1CC[C@@H](C)C2. The van der Waals surface area contributed by atoms with Crippen LogP contribution in [0, 0.1) is 16.0 Å². The first-order valence-electron chi connectivity index (χ1n) is 8.28. The molecule has 138 valence electrons. The van der Waals surface area contributed by atoms with Crippen molar-refractivity contribution in [1.29, 1.82) is 0 Å². The molecule has 1 atom stereocenters. The minimum atomic E-state index is -0.716. The molecule has 0 bridgehead atoms. The summed E-state index contributed by atoms with van der Waals surface area (Å²) in [6.45, 7) is 4.10. The Morgan fingerprint density at radius 1 is 1.46 bits per heavy atom. The van der Waals surface area contributed by atoms with Crippen LogP contribution in [0.1, 0.15) is 51.6 Å². The normalized spacial score (nSPS) is 16.0. The molecule has 2 aromatic heterocycles. The number of nitro groups is 1. The second-order valence-electron chi connectivity index (χ2n) is 6.13. The van der Waals surface area contributed by atoms with E-state index in [4.69, 9.17) is 9.15 Å². The van der Waals surface area contributed by atoms with Crippen LogP contribution >= 0.6 is 11.3 Å². The Morgan fingerprint density at radius 3 is 2.88 bits per heavy atom. The van der Waals surface area contributed by atoms with E-state index in [1.54, 1.807) is 6.92 Å². The maximum Gasteiger partial charge on any atom is 0.433 e. The molecule has 0 radical (unpaired) electrons. The minimum Gasteiger partial charge on any atom is -0.462 e. The highest BCUT2D eigenvalue weighted by molar-refractivity contribution is 7.17. The molecular weight excluding hydrogens is 360 g/mol. The van der Waals surface area contributed by atoms with Gasteiger partial charge in [0.05, 0.1) is 18.2 Å². The van der Waals surface area contributed by atoms with Gasteiger partial charge in [0.25, 0.3) is 5.91 Å². The zero-order valence-electron chi connectivity index (χ0n) is 14.4. The van der Waals surface area contributed by atoms with Gasteiger partial charge in [0.1, 0.15) is 9.92 Å². The van der Waals surface area contributed by atoms with Gasteiger partial charge in [-0.25, -0.2) is 4.79 Å². The third-order valence-electron chi connectivity index (χ3n) is 4.21. The molecule has 0 aromatic carbocycles. The maximum atomic E-state index is 12.4. The van der Waals surface area contributed by atoms with Crippen molar-refractivity contribution in [3.8, 4) is 0 Å². The van der Waals surface area contributed by atoms with Gasteiger partial charge in [-0.3, -0.25) is 14.9 Å². The first-order valence-corrected chi connectivity index (χ1v) is 9.09. The molecule has 26 heavy (non-hydrogen) atoms. The van der Waals surface area contributed by atoms with E-state index in [0.29, 0.717) is 16.5 Å². The van der Waals surface area contributed by atoms with Crippen molar-refractivity contribution in [1.82, 2.24) is 0 Å². The van der Waals surface area contributed by atoms with Gasteiger partial charge in [-0.15, -0.1) is 11.3 Å². The molecule has 8 nitrogen and oxygen atoms in total. The van der Waals surface area contributed by atoms with Crippen molar-refractivity contribution < 1.29 is 23.7 Å². The van der Waals surface area contributed by atoms with E-state index in [-0.39, 0.29) is 12.4 Å². The Kier molecular flexibility index (Phi) is 5.08. The highest BCUT2D eigenvalue weighted by atomic mass is 32.1. The number of thiophene rings is 1. The number of furan rings is 1. The standard InChI is InChI=1S/C17H18N2O6S/c1-3-24-17(21)14-10-5-4-9(2)8-12(10)26-16(14)18-15(20)11-6-7-13(25-11)19(22)23/h6-7,9H,3-5,8H2,1-2H3,(H,18,20)/t9-/m1/s1. The third kappa shape index (κ3) is 3.48. The lowest BCUT2D eigenvalue weighted by atomic mass is 9.88. The molecule has 1 aliphatic rings. The van der Waals surface area contributed by atoms with Crippen LogP contribution in [-0.2, 0) is 17.6 Å². The average molecular weight is 378 g/mol. The van der Waals surface area contributed by atoms with Crippen molar-refractivity contribution in [2.24, 2.45) is 5.92 Å². The van der Waals surface area contributed by atoms with Crippen LogP contribution in [0.5, 0.6) is 0 Å². The van der Waals surface area contributed by atoms with Crippen molar-refractivity contribution in [3.63, 3.8) is 0 Å². The summed E-state index contributed by atoms with van der Waals surface area (Å²) in [6.07, 6.45) is 2.56. The quantitative estimate of drug-likeness (QED) is 0.481. The Balaban J connectivity index is 1.91. The summed E-state index contributed by atoms with van der Waals surface area (Å²) in [5.41, 5.74) is 1.31. The van der Waals surface area contributed by atoms with Crippen LogP contribution in [0.15, 0.2) is 16.5 Å². The minimum absolute atomic E-state index is 0.189. The molecule has 0 spiro atoms. The third-order valence-corrected chi connectivity index (χ3v) is 5.38. The molecule has 1 amide bonds. The maximum absolute atomic E-state index is 12.4. The molecule has 2 heterocycles. The number of carbonyl (C=O) groups excluding carboxylic acids is 2.